The molecule has 1 fully saturated rings. The Morgan fingerprint density at radius 3 is 1.62 bits per heavy atom. The van der Waals surface area contributed by atoms with Crippen molar-refractivity contribution >= 4 is 24.0 Å². The van der Waals surface area contributed by atoms with Crippen LogP contribution in [0.5, 0.6) is 0 Å². The zero-order valence-corrected chi connectivity index (χ0v) is 48.7. The number of hydrogen-bond donors (Lipinski definition) is 2. The van der Waals surface area contributed by atoms with Crippen LogP contribution in [0, 0.1) is 5.92 Å². The minimum atomic E-state index is -0.839. The maximum atomic E-state index is 13.3. The zero-order valence-electron chi connectivity index (χ0n) is 48.7. The van der Waals surface area contributed by atoms with Crippen LogP contribution in [0.2, 0.25) is 0 Å². The van der Waals surface area contributed by atoms with Crippen molar-refractivity contribution in [1.29, 1.82) is 0 Å². The van der Waals surface area contributed by atoms with E-state index in [0.717, 1.165) is 122 Å². The number of unbranched alkanes of at least 4 members (excludes halogenated alkanes) is 20. The SMILES string of the molecule is CCCCC/C=C\C/C=C\CCCCCCC(Cc1cc(COC(=O)CCC(CCCCCC)OC(=O)NCCN2CCCC2)cc(COC(=O)CCC(OCCCCCCCC)OCCCCCCCC)c1)C(=O)O. The number of ether oxygens (including phenoxy) is 5. The number of allylic oxidation sites excluding steroid dienone is 4. The van der Waals surface area contributed by atoms with E-state index in [1.165, 1.54) is 83.5 Å². The summed E-state index contributed by atoms with van der Waals surface area (Å²) in [4.78, 5) is 54.4. The number of likely N-dealkylation sites (tertiary alicyclic amines) is 1. The van der Waals surface area contributed by atoms with E-state index in [1.807, 2.05) is 18.2 Å². The first-order valence-electron chi connectivity index (χ1n) is 31.0. The minimum absolute atomic E-state index is 0.00586. The average molecular weight is 1070 g/mol. The molecule has 0 aliphatic carbocycles. The molecule has 0 aromatic heterocycles. The third kappa shape index (κ3) is 38.8. The van der Waals surface area contributed by atoms with Crippen LogP contribution in [0.4, 0.5) is 4.79 Å². The van der Waals surface area contributed by atoms with Crippen molar-refractivity contribution in [2.24, 2.45) is 5.92 Å². The van der Waals surface area contributed by atoms with E-state index in [4.69, 9.17) is 23.7 Å². The van der Waals surface area contributed by atoms with Crippen LogP contribution in [0.1, 0.15) is 263 Å². The predicted molar refractivity (Wildman–Crippen MR) is 309 cm³/mol. The highest BCUT2D eigenvalue weighted by molar-refractivity contribution is 5.71. The summed E-state index contributed by atoms with van der Waals surface area (Å²) in [5, 5.41) is 13.3. The van der Waals surface area contributed by atoms with Gasteiger partial charge in [-0.25, -0.2) is 4.79 Å². The lowest BCUT2D eigenvalue weighted by Crippen LogP contribution is -2.35. The fourth-order valence-corrected chi connectivity index (χ4v) is 9.72. The van der Waals surface area contributed by atoms with Gasteiger partial charge >= 0.3 is 24.0 Å². The standard InChI is InChI=1S/C64H110N2O10/c1-5-9-13-17-20-21-22-23-24-25-26-27-28-31-37-58(63(69)70)52-55-49-56(53-74-60(67)40-39-59(38-32-16-12-8-4)76-64(71)65-43-46-66-44-33-34-45-66)51-57(50-55)54-75-61(68)41-42-62(72-47-35-29-18-14-10-6-2)73-48-36-30-19-15-11-7-3/h20-21,23-24,49-51,58-59,62H,5-19,22,25-48,52-54H2,1-4H3,(H,65,71)(H,69,70)/b21-20-,24-23-. The van der Waals surface area contributed by atoms with E-state index in [9.17, 15) is 24.3 Å². The van der Waals surface area contributed by atoms with Crippen molar-refractivity contribution in [1.82, 2.24) is 10.2 Å². The largest absolute Gasteiger partial charge is 0.481 e. The van der Waals surface area contributed by atoms with Gasteiger partial charge < -0.3 is 39.0 Å². The van der Waals surface area contributed by atoms with Crippen molar-refractivity contribution < 1.29 is 48.0 Å². The lowest BCUT2D eigenvalue weighted by atomic mass is 9.92. The minimum Gasteiger partial charge on any atom is -0.481 e. The maximum absolute atomic E-state index is 13.3. The van der Waals surface area contributed by atoms with Crippen LogP contribution in [0.3, 0.4) is 0 Å². The smallest absolute Gasteiger partial charge is 0.407 e. The molecule has 0 saturated carbocycles. The molecule has 436 valence electrons. The van der Waals surface area contributed by atoms with Crippen LogP contribution in [0.25, 0.3) is 0 Å². The van der Waals surface area contributed by atoms with Crippen LogP contribution in [-0.4, -0.2) is 85.8 Å². The van der Waals surface area contributed by atoms with Gasteiger partial charge in [0.05, 0.1) is 12.3 Å². The lowest BCUT2D eigenvalue weighted by Gasteiger charge is -2.19. The number of nitrogens with one attached hydrogen (secondary N) is 1. The molecule has 2 atom stereocenters. The summed E-state index contributed by atoms with van der Waals surface area (Å²) in [6.07, 6.45) is 41.5. The Morgan fingerprint density at radius 2 is 1.04 bits per heavy atom. The summed E-state index contributed by atoms with van der Waals surface area (Å²) in [5.74, 6) is -2.20. The first-order valence-corrected chi connectivity index (χ1v) is 31.0. The van der Waals surface area contributed by atoms with Crippen molar-refractivity contribution in [2.75, 3.05) is 39.4 Å². The molecule has 1 amide bonds. The highest BCUT2D eigenvalue weighted by Crippen LogP contribution is 2.23. The van der Waals surface area contributed by atoms with Gasteiger partial charge in [0.2, 0.25) is 0 Å². The Kier molecular flexibility index (Phi) is 43.5. The number of benzene rings is 1. The van der Waals surface area contributed by atoms with E-state index in [0.29, 0.717) is 63.0 Å². The molecular formula is C64H110N2O10. The molecular weight excluding hydrogens is 957 g/mol. The van der Waals surface area contributed by atoms with Gasteiger partial charge in [-0.2, -0.15) is 0 Å². The van der Waals surface area contributed by atoms with E-state index in [-0.39, 0.29) is 32.0 Å². The van der Waals surface area contributed by atoms with Crippen molar-refractivity contribution in [2.45, 2.75) is 278 Å². The van der Waals surface area contributed by atoms with Crippen molar-refractivity contribution in [3.05, 3.63) is 59.2 Å². The highest BCUT2D eigenvalue weighted by atomic mass is 16.7. The summed E-state index contributed by atoms with van der Waals surface area (Å²) >= 11 is 0. The first-order chi connectivity index (χ1) is 37.2. The molecule has 1 aromatic rings. The Balaban J connectivity index is 2.08. The highest BCUT2D eigenvalue weighted by Gasteiger charge is 2.21. The number of amides is 1. The van der Waals surface area contributed by atoms with E-state index < -0.39 is 36.3 Å². The Hall–Kier alpha value is -3.74. The first kappa shape index (κ1) is 68.4. The number of esters is 2. The molecule has 1 saturated heterocycles. The van der Waals surface area contributed by atoms with Gasteiger partial charge in [-0.15, -0.1) is 0 Å². The number of carbonyl (C=O) groups excluding carboxylic acids is 3. The molecule has 1 aliphatic rings. The second-order valence-corrected chi connectivity index (χ2v) is 21.5. The quantitative estimate of drug-likeness (QED) is 0.0211. The Morgan fingerprint density at radius 1 is 0.566 bits per heavy atom. The summed E-state index contributed by atoms with van der Waals surface area (Å²) in [7, 11) is 0. The third-order valence-electron chi connectivity index (χ3n) is 14.4. The summed E-state index contributed by atoms with van der Waals surface area (Å²) in [6.45, 7) is 13.4. The number of carbonyl (C=O) groups is 4. The molecule has 0 spiro atoms. The number of nitrogens with zero attached hydrogens (tertiary/aromatic N) is 1. The van der Waals surface area contributed by atoms with Gasteiger partial charge in [0, 0.05) is 39.1 Å². The molecule has 1 heterocycles. The van der Waals surface area contributed by atoms with Crippen molar-refractivity contribution in [3.8, 4) is 0 Å². The van der Waals surface area contributed by atoms with E-state index in [1.54, 1.807) is 0 Å². The number of alkyl carbamates (subject to hydrolysis) is 1. The fraction of sp³-hybridized carbons (Fsp3) is 0.781. The zero-order chi connectivity index (χ0) is 54.9. The Labute approximate surface area is 463 Å². The van der Waals surface area contributed by atoms with Crippen molar-refractivity contribution in [3.63, 3.8) is 0 Å². The van der Waals surface area contributed by atoms with Crippen LogP contribution < -0.4 is 5.32 Å². The molecule has 76 heavy (non-hydrogen) atoms. The topological polar surface area (TPSA) is 150 Å². The number of hydrogen-bond acceptors (Lipinski definition) is 10. The number of carboxylic acid groups (broad SMARTS) is 1. The maximum Gasteiger partial charge on any atom is 0.407 e. The molecule has 1 aliphatic heterocycles. The average Bonchev–Trinajstić information content (AvgIpc) is 3.94. The Bertz CT molecular complexity index is 1640. The number of rotatable bonds is 51. The lowest BCUT2D eigenvalue weighted by molar-refractivity contribution is -0.160. The molecule has 1 aromatic carbocycles. The molecule has 2 unspecified atom stereocenters. The normalized spacial score (nSPS) is 13.8. The van der Waals surface area contributed by atoms with E-state index >= 15 is 0 Å². The molecule has 0 bridgehead atoms. The van der Waals surface area contributed by atoms with Gasteiger partial charge in [-0.1, -0.05) is 180 Å². The predicted octanol–water partition coefficient (Wildman–Crippen LogP) is 16.2. The second-order valence-electron chi connectivity index (χ2n) is 21.5. The summed E-state index contributed by atoms with van der Waals surface area (Å²) in [6, 6.07) is 5.68. The van der Waals surface area contributed by atoms with Gasteiger partial charge in [-0.05, 0) is 126 Å². The van der Waals surface area contributed by atoms with Crippen LogP contribution >= 0.6 is 0 Å². The van der Waals surface area contributed by atoms with Crippen LogP contribution in [0.15, 0.2) is 42.5 Å². The van der Waals surface area contributed by atoms with Gasteiger partial charge in [-0.3, -0.25) is 14.4 Å². The molecule has 12 heteroatoms. The number of carboxylic acids is 1. The molecule has 12 nitrogen and oxygen atoms in total. The van der Waals surface area contributed by atoms with E-state index in [2.05, 4.69) is 62.2 Å². The number of aliphatic carboxylic acids is 1. The summed E-state index contributed by atoms with van der Waals surface area (Å²) in [5.41, 5.74) is 2.18. The van der Waals surface area contributed by atoms with Gasteiger partial charge in [0.25, 0.3) is 0 Å². The fourth-order valence-electron chi connectivity index (χ4n) is 9.72. The summed E-state index contributed by atoms with van der Waals surface area (Å²) < 4.78 is 29.9. The molecule has 0 radical (unpaired) electrons. The second kappa shape index (κ2) is 48.4. The van der Waals surface area contributed by atoms with Gasteiger partial charge in [0.1, 0.15) is 19.3 Å². The monoisotopic (exact) mass is 1070 g/mol. The van der Waals surface area contributed by atoms with Gasteiger partial charge in [0.15, 0.2) is 6.29 Å². The molecule has 2 N–H and O–H groups in total. The third-order valence-corrected chi connectivity index (χ3v) is 14.4. The molecule has 2 rings (SSSR count). The van der Waals surface area contributed by atoms with Crippen LogP contribution in [-0.2, 0) is 57.7 Å².